The third-order valence-electron chi connectivity index (χ3n) is 5.01. The van der Waals surface area contributed by atoms with E-state index in [0.29, 0.717) is 48.5 Å². The SMILES string of the molecule is NC(=O)CCC1CCCN(C(=O)c2ccc(-c3cc(F)ccc3O)cc2)C1. The molecule has 1 saturated heterocycles. The van der Waals surface area contributed by atoms with Gasteiger partial charge in [0.25, 0.3) is 5.91 Å². The maximum Gasteiger partial charge on any atom is 0.253 e. The molecule has 3 rings (SSSR count). The van der Waals surface area contributed by atoms with Crippen LogP contribution in [0.1, 0.15) is 36.0 Å². The van der Waals surface area contributed by atoms with E-state index in [1.54, 1.807) is 24.3 Å². The Labute approximate surface area is 157 Å². The van der Waals surface area contributed by atoms with Crippen LogP contribution in [0.4, 0.5) is 4.39 Å². The van der Waals surface area contributed by atoms with Gasteiger partial charge in [0.2, 0.25) is 5.91 Å². The van der Waals surface area contributed by atoms with Crippen molar-refractivity contribution in [3.05, 3.63) is 53.8 Å². The second-order valence-corrected chi connectivity index (χ2v) is 7.00. The summed E-state index contributed by atoms with van der Waals surface area (Å²) in [7, 11) is 0. The Kier molecular flexibility index (Phi) is 5.74. The summed E-state index contributed by atoms with van der Waals surface area (Å²) in [5.74, 6) is -0.524. The number of carbonyl (C=O) groups excluding carboxylic acids is 2. The second-order valence-electron chi connectivity index (χ2n) is 7.00. The number of phenols is 1. The van der Waals surface area contributed by atoms with Crippen LogP contribution in [0.25, 0.3) is 11.1 Å². The molecule has 6 heteroatoms. The van der Waals surface area contributed by atoms with Crippen LogP contribution in [0.15, 0.2) is 42.5 Å². The zero-order valence-corrected chi connectivity index (χ0v) is 15.0. The normalized spacial score (nSPS) is 16.9. The lowest BCUT2D eigenvalue weighted by Crippen LogP contribution is -2.40. The van der Waals surface area contributed by atoms with Crippen LogP contribution in [0.5, 0.6) is 5.75 Å². The number of phenolic OH excluding ortho intramolecular Hbond substituents is 1. The maximum atomic E-state index is 13.4. The summed E-state index contributed by atoms with van der Waals surface area (Å²) < 4.78 is 13.4. The van der Waals surface area contributed by atoms with E-state index in [4.69, 9.17) is 5.73 Å². The molecule has 3 N–H and O–H groups in total. The van der Waals surface area contributed by atoms with Gasteiger partial charge in [0, 0.05) is 30.6 Å². The van der Waals surface area contributed by atoms with Crippen molar-refractivity contribution >= 4 is 11.8 Å². The molecular formula is C21H23FN2O3. The fourth-order valence-electron chi connectivity index (χ4n) is 3.55. The predicted octanol–water partition coefficient (Wildman–Crippen LogP) is 3.32. The minimum Gasteiger partial charge on any atom is -0.507 e. The zero-order valence-electron chi connectivity index (χ0n) is 15.0. The highest BCUT2D eigenvalue weighted by atomic mass is 19.1. The number of amides is 2. The van der Waals surface area contributed by atoms with Crippen LogP contribution in [0.3, 0.4) is 0 Å². The number of primary amides is 1. The minimum absolute atomic E-state index is 0.0104. The molecule has 2 aromatic carbocycles. The molecular weight excluding hydrogens is 347 g/mol. The number of hydrogen-bond donors (Lipinski definition) is 2. The molecule has 0 aromatic heterocycles. The average Bonchev–Trinajstić information content (AvgIpc) is 2.68. The maximum absolute atomic E-state index is 13.4. The molecule has 5 nitrogen and oxygen atoms in total. The number of hydrogen-bond acceptors (Lipinski definition) is 3. The third kappa shape index (κ3) is 4.64. The van der Waals surface area contributed by atoms with Crippen molar-refractivity contribution < 1.29 is 19.1 Å². The number of nitrogens with two attached hydrogens (primary N) is 1. The molecule has 142 valence electrons. The van der Waals surface area contributed by atoms with Crippen molar-refractivity contribution in [3.8, 4) is 16.9 Å². The molecule has 1 unspecified atom stereocenters. The monoisotopic (exact) mass is 370 g/mol. The van der Waals surface area contributed by atoms with Crippen molar-refractivity contribution in [1.29, 1.82) is 0 Å². The van der Waals surface area contributed by atoms with Crippen LogP contribution in [0, 0.1) is 11.7 Å². The van der Waals surface area contributed by atoms with Crippen LogP contribution in [-0.4, -0.2) is 34.9 Å². The van der Waals surface area contributed by atoms with Gasteiger partial charge in [-0.1, -0.05) is 12.1 Å². The number of likely N-dealkylation sites (tertiary alicyclic amines) is 1. The van der Waals surface area contributed by atoms with E-state index in [1.807, 2.05) is 4.90 Å². The van der Waals surface area contributed by atoms with Crippen LogP contribution < -0.4 is 5.73 Å². The predicted molar refractivity (Wildman–Crippen MR) is 101 cm³/mol. The first-order valence-electron chi connectivity index (χ1n) is 9.10. The second kappa shape index (κ2) is 8.20. The topological polar surface area (TPSA) is 83.6 Å². The van der Waals surface area contributed by atoms with Gasteiger partial charge in [0.05, 0.1) is 0 Å². The largest absolute Gasteiger partial charge is 0.507 e. The van der Waals surface area contributed by atoms with E-state index in [-0.39, 0.29) is 17.6 Å². The lowest BCUT2D eigenvalue weighted by Gasteiger charge is -2.32. The van der Waals surface area contributed by atoms with E-state index in [2.05, 4.69) is 0 Å². The molecule has 0 saturated carbocycles. The molecule has 1 fully saturated rings. The number of piperidine rings is 1. The molecule has 1 aliphatic rings. The molecule has 0 bridgehead atoms. The summed E-state index contributed by atoms with van der Waals surface area (Å²) in [6, 6.07) is 10.6. The summed E-state index contributed by atoms with van der Waals surface area (Å²) in [4.78, 5) is 25.6. The van der Waals surface area contributed by atoms with E-state index in [9.17, 15) is 19.1 Å². The Bertz CT molecular complexity index is 836. The number of benzene rings is 2. The Morgan fingerprint density at radius 1 is 1.19 bits per heavy atom. The molecule has 2 aromatic rings. The summed E-state index contributed by atoms with van der Waals surface area (Å²) in [6.07, 6.45) is 2.95. The van der Waals surface area contributed by atoms with Gasteiger partial charge in [0.1, 0.15) is 11.6 Å². The average molecular weight is 370 g/mol. The number of nitrogens with zero attached hydrogens (tertiary/aromatic N) is 1. The van der Waals surface area contributed by atoms with Gasteiger partial charge in [-0.2, -0.15) is 0 Å². The highest BCUT2D eigenvalue weighted by Crippen LogP contribution is 2.30. The van der Waals surface area contributed by atoms with Gasteiger partial charge in [-0.3, -0.25) is 9.59 Å². The summed E-state index contributed by atoms with van der Waals surface area (Å²) >= 11 is 0. The Balaban J connectivity index is 1.70. The Morgan fingerprint density at radius 3 is 2.63 bits per heavy atom. The van der Waals surface area contributed by atoms with Gasteiger partial charge in [0.15, 0.2) is 0 Å². The van der Waals surface area contributed by atoms with Crippen molar-refractivity contribution in [2.45, 2.75) is 25.7 Å². The van der Waals surface area contributed by atoms with Gasteiger partial charge in [-0.15, -0.1) is 0 Å². The van der Waals surface area contributed by atoms with Crippen LogP contribution >= 0.6 is 0 Å². The first-order chi connectivity index (χ1) is 12.9. The summed E-state index contributed by atoms with van der Waals surface area (Å²) in [5.41, 5.74) is 6.79. The van der Waals surface area contributed by atoms with E-state index in [0.717, 1.165) is 12.8 Å². The first kappa shape index (κ1) is 18.9. The summed E-state index contributed by atoms with van der Waals surface area (Å²) in [6.45, 7) is 1.32. The van der Waals surface area contributed by atoms with Crippen molar-refractivity contribution in [1.82, 2.24) is 4.90 Å². The van der Waals surface area contributed by atoms with Crippen molar-refractivity contribution in [2.24, 2.45) is 11.7 Å². The first-order valence-corrected chi connectivity index (χ1v) is 9.10. The fraction of sp³-hybridized carbons (Fsp3) is 0.333. The molecule has 1 aliphatic heterocycles. The van der Waals surface area contributed by atoms with Crippen molar-refractivity contribution in [3.63, 3.8) is 0 Å². The van der Waals surface area contributed by atoms with Crippen LogP contribution in [-0.2, 0) is 4.79 Å². The number of aromatic hydroxyl groups is 1. The third-order valence-corrected chi connectivity index (χ3v) is 5.01. The van der Waals surface area contributed by atoms with Crippen molar-refractivity contribution in [2.75, 3.05) is 13.1 Å². The van der Waals surface area contributed by atoms with Gasteiger partial charge in [-0.25, -0.2) is 4.39 Å². The van der Waals surface area contributed by atoms with E-state index >= 15 is 0 Å². The Morgan fingerprint density at radius 2 is 1.93 bits per heavy atom. The number of halogens is 1. The lowest BCUT2D eigenvalue weighted by molar-refractivity contribution is -0.118. The molecule has 0 spiro atoms. The zero-order chi connectivity index (χ0) is 19.4. The lowest BCUT2D eigenvalue weighted by atomic mass is 9.92. The smallest absolute Gasteiger partial charge is 0.253 e. The van der Waals surface area contributed by atoms with E-state index < -0.39 is 5.82 Å². The quantitative estimate of drug-likeness (QED) is 0.847. The standard InChI is InChI=1S/C21H23FN2O3/c22-17-8-9-19(25)18(12-17)15-4-6-16(7-5-15)21(27)24-11-1-2-14(13-24)3-10-20(23)26/h4-9,12,14,25H,1-3,10-11,13H2,(H2,23,26). The Hall–Kier alpha value is -2.89. The van der Waals surface area contributed by atoms with Gasteiger partial charge < -0.3 is 15.7 Å². The number of carbonyl (C=O) groups is 2. The van der Waals surface area contributed by atoms with Gasteiger partial charge >= 0.3 is 0 Å². The molecule has 27 heavy (non-hydrogen) atoms. The molecule has 1 atom stereocenters. The van der Waals surface area contributed by atoms with Gasteiger partial charge in [-0.05, 0) is 61.1 Å². The van der Waals surface area contributed by atoms with Crippen LogP contribution in [0.2, 0.25) is 0 Å². The highest BCUT2D eigenvalue weighted by Gasteiger charge is 2.24. The minimum atomic E-state index is -0.432. The number of rotatable bonds is 5. The van der Waals surface area contributed by atoms with E-state index in [1.165, 1.54) is 18.2 Å². The molecule has 1 heterocycles. The highest BCUT2D eigenvalue weighted by molar-refractivity contribution is 5.95. The summed E-state index contributed by atoms with van der Waals surface area (Å²) in [5, 5.41) is 9.91. The fourth-order valence-corrected chi connectivity index (χ4v) is 3.55. The molecule has 2 amide bonds. The molecule has 0 aliphatic carbocycles. The molecule has 0 radical (unpaired) electrons.